The van der Waals surface area contributed by atoms with Gasteiger partial charge in [-0.25, -0.2) is 0 Å². The van der Waals surface area contributed by atoms with Crippen LogP contribution in [0.3, 0.4) is 0 Å². The molecule has 10 aromatic rings. The smallest absolute Gasteiger partial charge is 0.0542 e. The molecule has 0 fully saturated rings. The van der Waals surface area contributed by atoms with Crippen molar-refractivity contribution in [2.45, 2.75) is 13.8 Å². The highest BCUT2D eigenvalue weighted by atomic mass is 15.0. The van der Waals surface area contributed by atoms with Gasteiger partial charge in [-0.2, -0.15) is 0 Å². The number of nitrogens with zero attached hydrogens (tertiary/aromatic N) is 2. The van der Waals surface area contributed by atoms with Crippen molar-refractivity contribution in [1.29, 1.82) is 0 Å². The topological polar surface area (TPSA) is 9.86 Å². The van der Waals surface area contributed by atoms with E-state index in [4.69, 9.17) is 0 Å². The second-order valence-corrected chi connectivity index (χ2v) is 13.8. The molecule has 2 heterocycles. The monoisotopic (exact) mass is 664 g/mol. The minimum absolute atomic E-state index is 1.15. The summed E-state index contributed by atoms with van der Waals surface area (Å²) in [6.45, 7) is 4.44. The highest BCUT2D eigenvalue weighted by Crippen LogP contribution is 2.39. The number of rotatable bonds is 5. The molecule has 2 aromatic heterocycles. The van der Waals surface area contributed by atoms with Crippen molar-refractivity contribution in [2.75, 3.05) is 0 Å². The summed E-state index contributed by atoms with van der Waals surface area (Å²) in [5, 5.41) is 5.04. The van der Waals surface area contributed by atoms with Gasteiger partial charge in [-0.1, -0.05) is 127 Å². The first-order valence-electron chi connectivity index (χ1n) is 18.0. The van der Waals surface area contributed by atoms with Crippen molar-refractivity contribution >= 4 is 43.6 Å². The summed E-state index contributed by atoms with van der Waals surface area (Å²) in [6.07, 6.45) is 0. The Balaban J connectivity index is 1.09. The summed E-state index contributed by atoms with van der Waals surface area (Å²) < 4.78 is 4.83. The van der Waals surface area contributed by atoms with Crippen LogP contribution in [0, 0.1) is 13.8 Å². The third-order valence-electron chi connectivity index (χ3n) is 10.9. The van der Waals surface area contributed by atoms with Crippen LogP contribution in [0.15, 0.2) is 182 Å². The fourth-order valence-corrected chi connectivity index (χ4v) is 8.38. The van der Waals surface area contributed by atoms with Crippen LogP contribution in [-0.4, -0.2) is 9.13 Å². The maximum absolute atomic E-state index is 2.42. The zero-order valence-electron chi connectivity index (χ0n) is 29.2. The minimum Gasteiger partial charge on any atom is -0.309 e. The number of benzene rings is 8. The molecule has 8 aromatic carbocycles. The third kappa shape index (κ3) is 4.72. The highest BCUT2D eigenvalue weighted by Gasteiger charge is 2.17. The van der Waals surface area contributed by atoms with Crippen molar-refractivity contribution in [3.63, 3.8) is 0 Å². The molecular weight excluding hydrogens is 629 g/mol. The van der Waals surface area contributed by atoms with Gasteiger partial charge in [0.2, 0.25) is 0 Å². The summed E-state index contributed by atoms with van der Waals surface area (Å²) in [5.41, 5.74) is 17.2. The number of fused-ring (bicyclic) bond motifs is 6. The quantitative estimate of drug-likeness (QED) is 0.173. The Hall–Kier alpha value is -6.64. The van der Waals surface area contributed by atoms with Gasteiger partial charge in [-0.05, 0) is 113 Å². The Bertz CT molecular complexity index is 2940. The van der Waals surface area contributed by atoms with Gasteiger partial charge in [0.05, 0.1) is 22.1 Å². The van der Waals surface area contributed by atoms with Crippen molar-refractivity contribution in [3.8, 4) is 44.8 Å². The Morgan fingerprint density at radius 3 is 1.48 bits per heavy atom. The van der Waals surface area contributed by atoms with Crippen molar-refractivity contribution in [2.24, 2.45) is 0 Å². The molecular formula is C50H36N2. The molecule has 0 radical (unpaired) electrons. The van der Waals surface area contributed by atoms with Crippen molar-refractivity contribution < 1.29 is 0 Å². The molecule has 10 rings (SSSR count). The molecule has 0 aliphatic heterocycles. The van der Waals surface area contributed by atoms with Crippen LogP contribution < -0.4 is 0 Å². The Morgan fingerprint density at radius 2 is 0.788 bits per heavy atom. The van der Waals surface area contributed by atoms with Crippen LogP contribution in [0.1, 0.15) is 11.1 Å². The second kappa shape index (κ2) is 12.0. The van der Waals surface area contributed by atoms with Crippen molar-refractivity contribution in [1.82, 2.24) is 9.13 Å². The van der Waals surface area contributed by atoms with E-state index >= 15 is 0 Å². The van der Waals surface area contributed by atoms with Gasteiger partial charge in [0.25, 0.3) is 0 Å². The van der Waals surface area contributed by atoms with Gasteiger partial charge in [-0.15, -0.1) is 0 Å². The summed E-state index contributed by atoms with van der Waals surface area (Å²) in [5.74, 6) is 0. The molecule has 246 valence electrons. The molecule has 0 unspecified atom stereocenters. The zero-order valence-corrected chi connectivity index (χ0v) is 29.2. The molecule has 52 heavy (non-hydrogen) atoms. The first-order chi connectivity index (χ1) is 25.6. The Kier molecular flexibility index (Phi) is 6.97. The molecule has 0 spiro atoms. The largest absolute Gasteiger partial charge is 0.309 e. The van der Waals surface area contributed by atoms with Gasteiger partial charge < -0.3 is 9.13 Å². The van der Waals surface area contributed by atoms with Gasteiger partial charge >= 0.3 is 0 Å². The summed E-state index contributed by atoms with van der Waals surface area (Å²) in [7, 11) is 0. The average Bonchev–Trinajstić information content (AvgIpc) is 3.71. The predicted octanol–water partition coefficient (Wildman–Crippen LogP) is 13.5. The maximum Gasteiger partial charge on any atom is 0.0542 e. The average molecular weight is 665 g/mol. The maximum atomic E-state index is 2.42. The SMILES string of the molecule is Cc1ccccc1-c1cccc(-c2cccc(-c3cccc(-n4c5ccccc5c5cc(-n6c7ccccc7c7ccccc76)ccc54)c3)c2)c1C. The van der Waals surface area contributed by atoms with Gasteiger partial charge in [0.15, 0.2) is 0 Å². The Labute approximate surface area is 303 Å². The van der Waals surface area contributed by atoms with Crippen molar-refractivity contribution in [3.05, 3.63) is 193 Å². The van der Waals surface area contributed by atoms with Crippen LogP contribution in [0.25, 0.3) is 88.4 Å². The molecule has 0 bridgehead atoms. The summed E-state index contributed by atoms with van der Waals surface area (Å²) in [6, 6.07) is 66.5. The van der Waals surface area contributed by atoms with Gasteiger partial charge in [-0.3, -0.25) is 0 Å². The van der Waals surface area contributed by atoms with Gasteiger partial charge in [0.1, 0.15) is 0 Å². The van der Waals surface area contributed by atoms with E-state index in [1.165, 1.54) is 93.8 Å². The first-order valence-corrected chi connectivity index (χ1v) is 18.0. The van der Waals surface area contributed by atoms with Crippen LogP contribution in [0.2, 0.25) is 0 Å². The van der Waals surface area contributed by atoms with Crippen LogP contribution in [-0.2, 0) is 0 Å². The number of para-hydroxylation sites is 3. The number of hydrogen-bond donors (Lipinski definition) is 0. The van der Waals surface area contributed by atoms with E-state index in [2.05, 4.69) is 205 Å². The van der Waals surface area contributed by atoms with Crippen LogP contribution in [0.4, 0.5) is 0 Å². The first kappa shape index (κ1) is 30.2. The van der Waals surface area contributed by atoms with Gasteiger partial charge in [0, 0.05) is 32.9 Å². The lowest BCUT2D eigenvalue weighted by Gasteiger charge is -2.15. The molecule has 0 saturated carbocycles. The predicted molar refractivity (Wildman–Crippen MR) is 221 cm³/mol. The number of aryl methyl sites for hydroxylation is 1. The van der Waals surface area contributed by atoms with E-state index in [-0.39, 0.29) is 0 Å². The number of hydrogen-bond acceptors (Lipinski definition) is 0. The second-order valence-electron chi connectivity index (χ2n) is 13.8. The highest BCUT2D eigenvalue weighted by molar-refractivity contribution is 6.12. The van der Waals surface area contributed by atoms with E-state index in [9.17, 15) is 0 Å². The molecule has 2 heteroatoms. The van der Waals surface area contributed by atoms with E-state index < -0.39 is 0 Å². The van der Waals surface area contributed by atoms with E-state index in [0.717, 1.165) is 5.69 Å². The fraction of sp³-hybridized carbons (Fsp3) is 0.0400. The van der Waals surface area contributed by atoms with Crippen LogP contribution >= 0.6 is 0 Å². The molecule has 0 aliphatic rings. The summed E-state index contributed by atoms with van der Waals surface area (Å²) in [4.78, 5) is 0. The lowest BCUT2D eigenvalue weighted by Crippen LogP contribution is -1.96. The van der Waals surface area contributed by atoms with E-state index in [1.54, 1.807) is 0 Å². The summed E-state index contributed by atoms with van der Waals surface area (Å²) >= 11 is 0. The standard InChI is InChI=1S/C50H36N2/c1-33-14-3-4-19-40(33)42-24-13-23-41(34(42)2)37-17-11-15-35(30-37)36-16-12-18-38(31-36)51-49-27-10-7-22-45(49)46-32-39(28-29-50(46)51)52-47-25-8-5-20-43(47)44-21-6-9-26-48(44)52/h3-32H,1-2H3. The van der Waals surface area contributed by atoms with E-state index in [1.807, 2.05) is 0 Å². The fourth-order valence-electron chi connectivity index (χ4n) is 8.38. The normalized spacial score (nSPS) is 11.7. The molecule has 0 aliphatic carbocycles. The lowest BCUT2D eigenvalue weighted by atomic mass is 9.90. The zero-order chi connectivity index (χ0) is 34.8. The van der Waals surface area contributed by atoms with Crippen LogP contribution in [0.5, 0.6) is 0 Å². The molecule has 0 amide bonds. The molecule has 2 nitrogen and oxygen atoms in total. The molecule has 0 saturated heterocycles. The third-order valence-corrected chi connectivity index (χ3v) is 10.9. The molecule has 0 N–H and O–H groups in total. The number of aromatic nitrogens is 2. The lowest BCUT2D eigenvalue weighted by molar-refractivity contribution is 1.17. The van der Waals surface area contributed by atoms with E-state index in [0.29, 0.717) is 0 Å². The molecule has 0 atom stereocenters. The Morgan fingerprint density at radius 1 is 0.308 bits per heavy atom. The minimum atomic E-state index is 1.15.